The lowest BCUT2D eigenvalue weighted by atomic mass is 9.93. The van der Waals surface area contributed by atoms with Crippen molar-refractivity contribution in [2.24, 2.45) is 0 Å². The van der Waals surface area contributed by atoms with Gasteiger partial charge in [0, 0.05) is 18.3 Å². The van der Waals surface area contributed by atoms with Gasteiger partial charge in [0.15, 0.2) is 0 Å². The molecule has 1 atom stereocenters. The monoisotopic (exact) mass is 507 g/mol. The molecule has 1 N–H and O–H groups in total. The summed E-state index contributed by atoms with van der Waals surface area (Å²) in [5.41, 5.74) is 2.01. The number of hydrogen-bond acceptors (Lipinski definition) is 5. The lowest BCUT2D eigenvalue weighted by Crippen LogP contribution is -2.33. The number of carboxylic acids is 1. The summed E-state index contributed by atoms with van der Waals surface area (Å²) in [6.07, 6.45) is 3.46. The normalized spacial score (nSPS) is 15.9. The van der Waals surface area contributed by atoms with Crippen LogP contribution in [0, 0.1) is 12.7 Å². The minimum Gasteiger partial charge on any atom is -0.480 e. The van der Waals surface area contributed by atoms with Crippen LogP contribution in [0.15, 0.2) is 47.5 Å². The smallest absolute Gasteiger partial charge is 0.325 e. The molecule has 34 heavy (non-hydrogen) atoms. The van der Waals surface area contributed by atoms with Crippen LogP contribution >= 0.6 is 11.6 Å². The molecule has 1 aromatic heterocycles. The van der Waals surface area contributed by atoms with Gasteiger partial charge in [-0.25, -0.2) is 12.8 Å². The number of fused-ring (bicyclic) bond motifs is 1. The largest absolute Gasteiger partial charge is 0.480 e. The zero-order valence-electron chi connectivity index (χ0n) is 18.5. The van der Waals surface area contributed by atoms with E-state index in [4.69, 9.17) is 21.4 Å². The van der Waals surface area contributed by atoms with Gasteiger partial charge in [0.05, 0.1) is 22.2 Å². The number of ether oxygens (including phenoxy) is 1. The predicted octanol–water partition coefficient (Wildman–Crippen LogP) is 4.56. The molecule has 0 fully saturated rings. The van der Waals surface area contributed by atoms with Gasteiger partial charge >= 0.3 is 5.97 Å². The molecule has 180 valence electrons. The molecule has 0 amide bonds. The summed E-state index contributed by atoms with van der Waals surface area (Å²) in [6.45, 7) is 1.42. The van der Waals surface area contributed by atoms with Gasteiger partial charge in [-0.1, -0.05) is 11.6 Å². The van der Waals surface area contributed by atoms with Crippen LogP contribution in [0.3, 0.4) is 0 Å². The van der Waals surface area contributed by atoms with Crippen molar-refractivity contribution in [2.45, 2.75) is 43.7 Å². The second kappa shape index (κ2) is 9.36. The molecule has 0 radical (unpaired) electrons. The van der Waals surface area contributed by atoms with Crippen LogP contribution in [0.25, 0.3) is 0 Å². The first-order valence-electron chi connectivity index (χ1n) is 10.6. The van der Waals surface area contributed by atoms with E-state index in [2.05, 4.69) is 5.10 Å². The molecule has 1 aliphatic carbocycles. The van der Waals surface area contributed by atoms with E-state index in [0.717, 1.165) is 5.69 Å². The molecule has 0 spiro atoms. The lowest BCUT2D eigenvalue weighted by molar-refractivity contribution is -0.137. The van der Waals surface area contributed by atoms with E-state index in [9.17, 15) is 17.6 Å². The number of benzene rings is 2. The van der Waals surface area contributed by atoms with E-state index in [0.29, 0.717) is 36.1 Å². The summed E-state index contributed by atoms with van der Waals surface area (Å²) in [4.78, 5) is 11.1. The van der Waals surface area contributed by atoms with Crippen molar-refractivity contribution in [3.63, 3.8) is 0 Å². The zero-order valence-corrected chi connectivity index (χ0v) is 20.1. The standard InChI is InChI=1S/C23H23ClFN3O5S/c1-14-10-15(25)6-8-21(14)33-22-9-7-16(11-18(22)24)34(31,32)27(2)19-4-3-5-20-17(19)12-26-28(20)13-23(29)30/h6-12,19H,3-5,13H2,1-2H3,(H,29,30)/t19-/m1/s1. The molecule has 0 aliphatic heterocycles. The fourth-order valence-corrected chi connectivity index (χ4v) is 5.82. The Kier molecular flexibility index (Phi) is 6.66. The molecule has 0 unspecified atom stereocenters. The van der Waals surface area contributed by atoms with Crippen LogP contribution in [0.5, 0.6) is 11.5 Å². The minimum absolute atomic E-state index is 0.00627. The predicted molar refractivity (Wildman–Crippen MR) is 123 cm³/mol. The number of carboxylic acid groups (broad SMARTS) is 1. The number of sulfonamides is 1. The Hall–Kier alpha value is -2.95. The van der Waals surface area contributed by atoms with E-state index in [1.54, 1.807) is 13.1 Å². The van der Waals surface area contributed by atoms with E-state index >= 15 is 0 Å². The summed E-state index contributed by atoms with van der Waals surface area (Å²) < 4.78 is 48.6. The number of aromatic nitrogens is 2. The first kappa shape index (κ1) is 24.2. The molecule has 11 heteroatoms. The number of aliphatic carboxylic acids is 1. The topological polar surface area (TPSA) is 102 Å². The Morgan fingerprint density at radius 3 is 2.71 bits per heavy atom. The number of hydrogen-bond donors (Lipinski definition) is 1. The summed E-state index contributed by atoms with van der Waals surface area (Å²) in [5, 5.41) is 13.4. The SMILES string of the molecule is Cc1cc(F)ccc1Oc1ccc(S(=O)(=O)N(C)[C@@H]2CCCc3c2cnn3CC(=O)O)cc1Cl. The highest BCUT2D eigenvalue weighted by Crippen LogP contribution is 2.38. The number of rotatable bonds is 7. The van der Waals surface area contributed by atoms with Crippen molar-refractivity contribution in [3.05, 3.63) is 70.3 Å². The second-order valence-corrected chi connectivity index (χ2v) is 10.5. The van der Waals surface area contributed by atoms with Crippen molar-refractivity contribution in [2.75, 3.05) is 7.05 Å². The van der Waals surface area contributed by atoms with Gasteiger partial charge in [-0.05, 0) is 68.1 Å². The van der Waals surface area contributed by atoms with Crippen LogP contribution < -0.4 is 4.74 Å². The van der Waals surface area contributed by atoms with Gasteiger partial charge < -0.3 is 9.84 Å². The van der Waals surface area contributed by atoms with Gasteiger partial charge in [-0.2, -0.15) is 9.40 Å². The average molecular weight is 508 g/mol. The molecule has 3 aromatic rings. The minimum atomic E-state index is -3.93. The highest BCUT2D eigenvalue weighted by Gasteiger charge is 2.34. The van der Waals surface area contributed by atoms with Crippen LogP contribution in [-0.2, 0) is 27.8 Å². The van der Waals surface area contributed by atoms with E-state index in [-0.39, 0.29) is 28.0 Å². The second-order valence-electron chi connectivity index (χ2n) is 8.13. The van der Waals surface area contributed by atoms with Crippen molar-refractivity contribution in [1.82, 2.24) is 14.1 Å². The third-order valence-corrected chi connectivity index (χ3v) is 8.05. The molecule has 2 aromatic carbocycles. The van der Waals surface area contributed by atoms with E-state index in [1.807, 2.05) is 0 Å². The Balaban J connectivity index is 1.59. The first-order valence-corrected chi connectivity index (χ1v) is 12.4. The average Bonchev–Trinajstić information content (AvgIpc) is 3.18. The van der Waals surface area contributed by atoms with Crippen LogP contribution in [-0.4, -0.2) is 40.6 Å². The maximum atomic E-state index is 13.4. The third-order valence-electron chi connectivity index (χ3n) is 5.89. The molecule has 8 nitrogen and oxygen atoms in total. The summed E-state index contributed by atoms with van der Waals surface area (Å²) in [6, 6.07) is 7.78. The van der Waals surface area contributed by atoms with Crippen molar-refractivity contribution < 1.29 is 27.4 Å². The van der Waals surface area contributed by atoms with Gasteiger partial charge in [-0.15, -0.1) is 0 Å². The first-order chi connectivity index (χ1) is 16.1. The molecule has 1 heterocycles. The van der Waals surface area contributed by atoms with Gasteiger partial charge in [0.25, 0.3) is 0 Å². The molecule has 0 bridgehead atoms. The molecule has 4 rings (SSSR count). The Morgan fingerprint density at radius 2 is 2.03 bits per heavy atom. The summed E-state index contributed by atoms with van der Waals surface area (Å²) >= 11 is 6.34. The Labute approximate surface area is 201 Å². The van der Waals surface area contributed by atoms with Gasteiger partial charge in [0.2, 0.25) is 10.0 Å². The van der Waals surface area contributed by atoms with Crippen LogP contribution in [0.4, 0.5) is 4.39 Å². The molecular weight excluding hydrogens is 485 g/mol. The quantitative estimate of drug-likeness (QED) is 0.503. The maximum absolute atomic E-state index is 13.4. The lowest BCUT2D eigenvalue weighted by Gasteiger charge is -2.31. The molecule has 1 aliphatic rings. The number of carbonyl (C=O) groups is 1. The van der Waals surface area contributed by atoms with Crippen LogP contribution in [0.2, 0.25) is 5.02 Å². The number of nitrogens with zero attached hydrogens (tertiary/aromatic N) is 3. The Bertz CT molecular complexity index is 1360. The fourth-order valence-electron chi connectivity index (χ4n) is 4.14. The Morgan fingerprint density at radius 1 is 1.29 bits per heavy atom. The van der Waals surface area contributed by atoms with E-state index in [1.165, 1.54) is 52.4 Å². The summed E-state index contributed by atoms with van der Waals surface area (Å²) in [7, 11) is -2.44. The number of halogens is 2. The fraction of sp³-hybridized carbons (Fsp3) is 0.304. The summed E-state index contributed by atoms with van der Waals surface area (Å²) in [5.74, 6) is -0.751. The van der Waals surface area contributed by atoms with Crippen molar-refractivity contribution in [3.8, 4) is 11.5 Å². The molecular formula is C23H23ClFN3O5S. The van der Waals surface area contributed by atoms with Crippen molar-refractivity contribution >= 4 is 27.6 Å². The zero-order chi connectivity index (χ0) is 24.6. The van der Waals surface area contributed by atoms with Crippen LogP contribution in [0.1, 0.15) is 35.7 Å². The molecule has 0 saturated heterocycles. The van der Waals surface area contributed by atoms with E-state index < -0.39 is 22.0 Å². The van der Waals surface area contributed by atoms with Gasteiger partial charge in [0.1, 0.15) is 23.9 Å². The number of aryl methyl sites for hydroxylation is 1. The maximum Gasteiger partial charge on any atom is 0.325 e. The highest BCUT2D eigenvalue weighted by atomic mass is 35.5. The van der Waals surface area contributed by atoms with Crippen molar-refractivity contribution in [1.29, 1.82) is 0 Å². The highest BCUT2D eigenvalue weighted by molar-refractivity contribution is 7.89. The third kappa shape index (κ3) is 4.66. The van der Waals surface area contributed by atoms with Gasteiger partial charge in [-0.3, -0.25) is 9.48 Å². The molecule has 0 saturated carbocycles.